The van der Waals surface area contributed by atoms with E-state index in [9.17, 15) is 4.79 Å². The average Bonchev–Trinajstić information content (AvgIpc) is 3.36. The molecular formula is C25H22Cl2N2O2S. The Morgan fingerprint density at radius 2 is 1.88 bits per heavy atom. The highest BCUT2D eigenvalue weighted by Gasteiger charge is 2.36. The van der Waals surface area contributed by atoms with Crippen LogP contribution in [-0.2, 0) is 4.79 Å². The number of hydrogen-bond donors (Lipinski definition) is 0. The van der Waals surface area contributed by atoms with Crippen molar-refractivity contribution in [2.75, 3.05) is 0 Å². The van der Waals surface area contributed by atoms with Gasteiger partial charge in [-0.05, 0) is 74.5 Å². The minimum absolute atomic E-state index is 0.0301. The lowest BCUT2D eigenvalue weighted by Crippen LogP contribution is -2.36. The van der Waals surface area contributed by atoms with E-state index in [2.05, 4.69) is 6.92 Å². The van der Waals surface area contributed by atoms with Crippen molar-refractivity contribution in [2.24, 2.45) is 4.99 Å². The predicted octanol–water partition coefficient (Wildman–Crippen LogP) is 7.96. The predicted molar refractivity (Wildman–Crippen MR) is 135 cm³/mol. The van der Waals surface area contributed by atoms with Crippen LogP contribution in [0.4, 0.5) is 5.69 Å². The van der Waals surface area contributed by atoms with Gasteiger partial charge < -0.3 is 4.42 Å². The molecule has 1 atom stereocenters. The van der Waals surface area contributed by atoms with E-state index in [1.54, 1.807) is 29.2 Å². The second-order valence-electron chi connectivity index (χ2n) is 7.60. The molecular weight excluding hydrogens is 463 g/mol. The third-order valence-electron chi connectivity index (χ3n) is 5.22. The van der Waals surface area contributed by atoms with Crippen LogP contribution in [0.2, 0.25) is 10.0 Å². The Balaban J connectivity index is 1.66. The standard InChI is InChI=1S/C25H22Cl2N2O2S/c1-4-16(3)29-24(30)23(32-25(29)28-18-8-5-15(2)6-9-18)14-19-10-12-22(31-19)20-13-17(26)7-11-21(20)27/h5-14,16H,4H2,1-3H3/b23-14+,28-25?/t16-/m1/s1. The third kappa shape index (κ3) is 4.80. The maximum absolute atomic E-state index is 13.2. The molecule has 0 spiro atoms. The molecule has 7 heteroatoms. The first-order valence-corrected chi connectivity index (χ1v) is 11.9. The molecule has 1 amide bonds. The van der Waals surface area contributed by atoms with E-state index >= 15 is 0 Å². The van der Waals surface area contributed by atoms with Gasteiger partial charge in [0.25, 0.3) is 5.91 Å². The first kappa shape index (κ1) is 22.7. The van der Waals surface area contributed by atoms with Crippen LogP contribution in [0, 0.1) is 6.92 Å². The van der Waals surface area contributed by atoms with Crippen molar-refractivity contribution in [1.82, 2.24) is 4.90 Å². The summed E-state index contributed by atoms with van der Waals surface area (Å²) in [6.45, 7) is 6.12. The van der Waals surface area contributed by atoms with Gasteiger partial charge in [-0.15, -0.1) is 0 Å². The van der Waals surface area contributed by atoms with Crippen molar-refractivity contribution in [3.05, 3.63) is 80.9 Å². The van der Waals surface area contributed by atoms with Gasteiger partial charge in [-0.2, -0.15) is 0 Å². The van der Waals surface area contributed by atoms with Crippen LogP contribution in [0.3, 0.4) is 0 Å². The fourth-order valence-electron chi connectivity index (χ4n) is 3.26. The number of hydrogen-bond acceptors (Lipinski definition) is 4. The van der Waals surface area contributed by atoms with E-state index in [0.717, 1.165) is 17.7 Å². The van der Waals surface area contributed by atoms with E-state index < -0.39 is 0 Å². The second-order valence-corrected chi connectivity index (χ2v) is 9.45. The number of rotatable bonds is 5. The Labute approximate surface area is 201 Å². The number of thioether (sulfide) groups is 1. The van der Waals surface area contributed by atoms with Crippen molar-refractivity contribution >= 4 is 57.8 Å². The molecule has 2 aromatic carbocycles. The normalized spacial score (nSPS) is 17.5. The molecule has 1 saturated heterocycles. The summed E-state index contributed by atoms with van der Waals surface area (Å²) in [4.78, 5) is 20.3. The number of halogens is 2. The zero-order valence-electron chi connectivity index (χ0n) is 17.9. The van der Waals surface area contributed by atoms with Crippen LogP contribution in [-0.4, -0.2) is 22.0 Å². The fraction of sp³-hybridized carbons (Fsp3) is 0.200. The molecule has 2 heterocycles. The number of amides is 1. The highest BCUT2D eigenvalue weighted by atomic mass is 35.5. The minimum Gasteiger partial charge on any atom is -0.457 e. The van der Waals surface area contributed by atoms with Crippen LogP contribution in [0.25, 0.3) is 17.4 Å². The maximum Gasteiger partial charge on any atom is 0.267 e. The van der Waals surface area contributed by atoms with Gasteiger partial charge in [-0.25, -0.2) is 4.99 Å². The molecule has 32 heavy (non-hydrogen) atoms. The maximum atomic E-state index is 13.2. The molecule has 0 bridgehead atoms. The first-order chi connectivity index (χ1) is 15.4. The number of carbonyl (C=O) groups excluding carboxylic acids is 1. The van der Waals surface area contributed by atoms with Crippen molar-refractivity contribution in [1.29, 1.82) is 0 Å². The Morgan fingerprint density at radius 3 is 2.59 bits per heavy atom. The van der Waals surface area contributed by atoms with Crippen LogP contribution >= 0.6 is 35.0 Å². The van der Waals surface area contributed by atoms with Gasteiger partial charge in [-0.3, -0.25) is 9.69 Å². The third-order valence-corrected chi connectivity index (χ3v) is 6.77. The summed E-state index contributed by atoms with van der Waals surface area (Å²) in [5, 5.41) is 1.79. The lowest BCUT2D eigenvalue weighted by atomic mass is 10.2. The Bertz CT molecular complexity index is 1210. The van der Waals surface area contributed by atoms with Crippen LogP contribution in [0.5, 0.6) is 0 Å². The minimum atomic E-state index is -0.0750. The number of carbonyl (C=O) groups is 1. The van der Waals surface area contributed by atoms with E-state index in [1.807, 2.05) is 50.2 Å². The summed E-state index contributed by atoms with van der Waals surface area (Å²) in [6.07, 6.45) is 2.58. The largest absolute Gasteiger partial charge is 0.457 e. The van der Waals surface area contributed by atoms with E-state index in [4.69, 9.17) is 32.6 Å². The fourth-order valence-corrected chi connectivity index (χ4v) is 4.71. The summed E-state index contributed by atoms with van der Waals surface area (Å²) in [5.41, 5.74) is 2.69. The van der Waals surface area contributed by atoms with Crippen molar-refractivity contribution < 1.29 is 9.21 Å². The van der Waals surface area contributed by atoms with Crippen LogP contribution in [0.1, 0.15) is 31.6 Å². The quantitative estimate of drug-likeness (QED) is 0.345. The number of amidine groups is 1. The van der Waals surface area contributed by atoms with E-state index in [1.165, 1.54) is 11.8 Å². The average molecular weight is 485 g/mol. The molecule has 1 aromatic heterocycles. The molecule has 1 aliphatic rings. The van der Waals surface area contributed by atoms with E-state index in [-0.39, 0.29) is 11.9 Å². The van der Waals surface area contributed by atoms with Gasteiger partial charge in [0.15, 0.2) is 5.17 Å². The molecule has 1 fully saturated rings. The Kier molecular flexibility index (Phi) is 6.79. The topological polar surface area (TPSA) is 45.8 Å². The Hall–Kier alpha value is -2.47. The van der Waals surface area contributed by atoms with Gasteiger partial charge in [0.1, 0.15) is 11.5 Å². The van der Waals surface area contributed by atoms with Crippen molar-refractivity contribution in [3.63, 3.8) is 0 Å². The first-order valence-electron chi connectivity index (χ1n) is 10.3. The second kappa shape index (κ2) is 9.57. The number of benzene rings is 2. The number of aliphatic imine (C=N–C) groups is 1. The van der Waals surface area contributed by atoms with Gasteiger partial charge >= 0.3 is 0 Å². The lowest BCUT2D eigenvalue weighted by molar-refractivity contribution is -0.123. The smallest absolute Gasteiger partial charge is 0.267 e. The highest BCUT2D eigenvalue weighted by Crippen LogP contribution is 2.37. The lowest BCUT2D eigenvalue weighted by Gasteiger charge is -2.22. The number of aryl methyl sites for hydroxylation is 1. The highest BCUT2D eigenvalue weighted by molar-refractivity contribution is 8.18. The molecule has 3 aromatic rings. The monoisotopic (exact) mass is 484 g/mol. The zero-order valence-corrected chi connectivity index (χ0v) is 20.3. The molecule has 1 aliphatic heterocycles. The molecule has 0 saturated carbocycles. The molecule has 0 aliphatic carbocycles. The summed E-state index contributed by atoms with van der Waals surface area (Å²) >= 11 is 13.8. The zero-order chi connectivity index (χ0) is 22.8. The Morgan fingerprint density at radius 1 is 1.12 bits per heavy atom. The van der Waals surface area contributed by atoms with Crippen LogP contribution < -0.4 is 0 Å². The molecule has 4 nitrogen and oxygen atoms in total. The number of furan rings is 1. The summed E-state index contributed by atoms with van der Waals surface area (Å²) in [5.74, 6) is 1.08. The molecule has 0 unspecified atom stereocenters. The molecule has 0 N–H and O–H groups in total. The SMILES string of the molecule is CC[C@@H](C)N1C(=O)/C(=C\c2ccc(-c3cc(Cl)ccc3Cl)o2)SC1=Nc1ccc(C)cc1. The number of nitrogens with zero attached hydrogens (tertiary/aromatic N) is 2. The molecule has 0 radical (unpaired) electrons. The summed E-state index contributed by atoms with van der Waals surface area (Å²) in [6, 6.07) is 16.8. The van der Waals surface area contributed by atoms with E-state index in [0.29, 0.717) is 37.2 Å². The molecule has 164 valence electrons. The van der Waals surface area contributed by atoms with Crippen LogP contribution in [0.15, 0.2) is 68.9 Å². The van der Waals surface area contributed by atoms with Crippen molar-refractivity contribution in [3.8, 4) is 11.3 Å². The summed E-state index contributed by atoms with van der Waals surface area (Å²) < 4.78 is 5.96. The van der Waals surface area contributed by atoms with Gasteiger partial charge in [-0.1, -0.05) is 47.8 Å². The van der Waals surface area contributed by atoms with Gasteiger partial charge in [0.05, 0.1) is 15.6 Å². The van der Waals surface area contributed by atoms with Gasteiger partial charge in [0.2, 0.25) is 0 Å². The van der Waals surface area contributed by atoms with Crippen molar-refractivity contribution in [2.45, 2.75) is 33.2 Å². The summed E-state index contributed by atoms with van der Waals surface area (Å²) in [7, 11) is 0. The molecule has 4 rings (SSSR count). The van der Waals surface area contributed by atoms with Gasteiger partial charge in [0, 0.05) is 22.7 Å².